The maximum absolute atomic E-state index is 5.58. The molecule has 1 saturated heterocycles. The van der Waals surface area contributed by atoms with E-state index in [1.54, 1.807) is 0 Å². The highest BCUT2D eigenvalue weighted by Crippen LogP contribution is 2.21. The summed E-state index contributed by atoms with van der Waals surface area (Å²) in [5.74, 6) is 1.70. The Labute approximate surface area is 116 Å². The first-order valence-electron chi connectivity index (χ1n) is 7.15. The molecule has 1 aliphatic rings. The lowest BCUT2D eigenvalue weighted by atomic mass is 10.0. The predicted molar refractivity (Wildman–Crippen MR) is 78.5 cm³/mol. The van der Waals surface area contributed by atoms with Crippen molar-refractivity contribution in [3.05, 3.63) is 23.4 Å². The molecule has 19 heavy (non-hydrogen) atoms. The zero-order valence-electron chi connectivity index (χ0n) is 12.1. The molecule has 0 bridgehead atoms. The van der Waals surface area contributed by atoms with Crippen molar-refractivity contribution in [2.75, 3.05) is 38.3 Å². The van der Waals surface area contributed by atoms with E-state index in [1.807, 2.05) is 6.20 Å². The highest BCUT2D eigenvalue weighted by atomic mass is 16.5. The molecule has 1 aromatic rings. The molecule has 0 aromatic carbocycles. The monoisotopic (exact) mass is 263 g/mol. The number of pyridine rings is 1. The molecule has 2 heterocycles. The highest BCUT2D eigenvalue weighted by Gasteiger charge is 2.17. The minimum absolute atomic E-state index is 0.628. The summed E-state index contributed by atoms with van der Waals surface area (Å²) in [6.45, 7) is 5.62. The number of nitrogens with two attached hydrogens (primary N) is 1. The van der Waals surface area contributed by atoms with Gasteiger partial charge in [-0.05, 0) is 49.8 Å². The minimum Gasteiger partial charge on any atom is -0.381 e. The predicted octanol–water partition coefficient (Wildman–Crippen LogP) is 1.75. The van der Waals surface area contributed by atoms with Gasteiger partial charge in [-0.2, -0.15) is 0 Å². The largest absolute Gasteiger partial charge is 0.381 e. The second-order valence-corrected chi connectivity index (χ2v) is 5.49. The Morgan fingerprint density at radius 1 is 1.53 bits per heavy atom. The molecule has 4 heteroatoms. The van der Waals surface area contributed by atoms with E-state index in [2.05, 4.69) is 29.9 Å². The number of nitrogens with zero attached hydrogens (tertiary/aromatic N) is 2. The zero-order chi connectivity index (χ0) is 13.7. The average Bonchev–Trinajstić information content (AvgIpc) is 2.40. The molecule has 1 fully saturated rings. The standard InChI is InChI=1S/C15H25N3O/c1-12-8-13(5-6-16)9-17-15(12)18(2)10-14-4-3-7-19-11-14/h8-9,14H,3-7,10-11,16H2,1-2H3. The van der Waals surface area contributed by atoms with E-state index >= 15 is 0 Å². The molecule has 2 N–H and O–H groups in total. The van der Waals surface area contributed by atoms with Crippen LogP contribution in [0.1, 0.15) is 24.0 Å². The summed E-state index contributed by atoms with van der Waals surface area (Å²) >= 11 is 0. The maximum Gasteiger partial charge on any atom is 0.131 e. The summed E-state index contributed by atoms with van der Waals surface area (Å²) in [5, 5.41) is 0. The van der Waals surface area contributed by atoms with Gasteiger partial charge >= 0.3 is 0 Å². The first kappa shape index (κ1) is 14.3. The topological polar surface area (TPSA) is 51.4 Å². The van der Waals surface area contributed by atoms with Crippen LogP contribution in [0.5, 0.6) is 0 Å². The lowest BCUT2D eigenvalue weighted by Gasteiger charge is -2.28. The SMILES string of the molecule is Cc1cc(CCN)cnc1N(C)CC1CCCOC1. The molecule has 0 amide bonds. The normalized spacial score (nSPS) is 19.4. The fourth-order valence-electron chi connectivity index (χ4n) is 2.75. The lowest BCUT2D eigenvalue weighted by molar-refractivity contribution is 0.0576. The van der Waals surface area contributed by atoms with Crippen LogP contribution in [0.15, 0.2) is 12.3 Å². The van der Waals surface area contributed by atoms with Crippen LogP contribution >= 0.6 is 0 Å². The van der Waals surface area contributed by atoms with Crippen molar-refractivity contribution in [1.29, 1.82) is 0 Å². The van der Waals surface area contributed by atoms with Crippen LogP contribution in [-0.4, -0.2) is 38.3 Å². The summed E-state index contributed by atoms with van der Waals surface area (Å²) < 4.78 is 5.54. The molecule has 0 radical (unpaired) electrons. The number of ether oxygens (including phenoxy) is 1. The van der Waals surface area contributed by atoms with Crippen LogP contribution in [0.2, 0.25) is 0 Å². The number of anilines is 1. The Balaban J connectivity index is 1.99. The Kier molecular flexibility index (Phi) is 5.16. The van der Waals surface area contributed by atoms with E-state index in [9.17, 15) is 0 Å². The van der Waals surface area contributed by atoms with E-state index < -0.39 is 0 Å². The number of aromatic nitrogens is 1. The molecule has 0 saturated carbocycles. The van der Waals surface area contributed by atoms with Gasteiger partial charge in [-0.1, -0.05) is 6.07 Å². The van der Waals surface area contributed by atoms with Crippen molar-refractivity contribution in [1.82, 2.24) is 4.98 Å². The summed E-state index contributed by atoms with van der Waals surface area (Å²) in [6.07, 6.45) is 5.28. The molecular weight excluding hydrogens is 238 g/mol. The van der Waals surface area contributed by atoms with Crippen LogP contribution in [0, 0.1) is 12.8 Å². The highest BCUT2D eigenvalue weighted by molar-refractivity contribution is 5.46. The zero-order valence-corrected chi connectivity index (χ0v) is 12.1. The fraction of sp³-hybridized carbons (Fsp3) is 0.667. The smallest absolute Gasteiger partial charge is 0.131 e. The Morgan fingerprint density at radius 2 is 2.37 bits per heavy atom. The van der Waals surface area contributed by atoms with Crippen molar-refractivity contribution >= 4 is 5.82 Å². The molecule has 4 nitrogen and oxygen atoms in total. The van der Waals surface area contributed by atoms with Gasteiger partial charge in [0.25, 0.3) is 0 Å². The van der Waals surface area contributed by atoms with Crippen molar-refractivity contribution in [2.45, 2.75) is 26.2 Å². The van der Waals surface area contributed by atoms with Crippen LogP contribution < -0.4 is 10.6 Å². The van der Waals surface area contributed by atoms with E-state index in [4.69, 9.17) is 10.5 Å². The van der Waals surface area contributed by atoms with E-state index in [0.717, 1.165) is 32.0 Å². The lowest BCUT2D eigenvalue weighted by Crippen LogP contribution is -2.31. The molecule has 1 unspecified atom stereocenters. The Hall–Kier alpha value is -1.13. The first-order chi connectivity index (χ1) is 9.20. The third kappa shape index (κ3) is 3.91. The van der Waals surface area contributed by atoms with Crippen LogP contribution in [0.3, 0.4) is 0 Å². The molecule has 2 rings (SSSR count). The van der Waals surface area contributed by atoms with Crippen molar-refractivity contribution in [2.24, 2.45) is 11.7 Å². The van der Waals surface area contributed by atoms with Gasteiger partial charge in [0.2, 0.25) is 0 Å². The van der Waals surface area contributed by atoms with Crippen LogP contribution in [0.25, 0.3) is 0 Å². The fourth-order valence-corrected chi connectivity index (χ4v) is 2.75. The van der Waals surface area contributed by atoms with Gasteiger partial charge in [-0.25, -0.2) is 4.98 Å². The molecule has 1 aliphatic heterocycles. The van der Waals surface area contributed by atoms with Gasteiger partial charge in [-0.15, -0.1) is 0 Å². The quantitative estimate of drug-likeness (QED) is 0.879. The second-order valence-electron chi connectivity index (χ2n) is 5.49. The molecule has 0 aliphatic carbocycles. The average molecular weight is 263 g/mol. The third-order valence-corrected chi connectivity index (χ3v) is 3.69. The molecule has 1 atom stereocenters. The molecule has 0 spiro atoms. The van der Waals surface area contributed by atoms with Crippen molar-refractivity contribution in [3.8, 4) is 0 Å². The second kappa shape index (κ2) is 6.87. The minimum atomic E-state index is 0.628. The van der Waals surface area contributed by atoms with Gasteiger partial charge in [0.15, 0.2) is 0 Å². The number of hydrogen-bond donors (Lipinski definition) is 1. The summed E-state index contributed by atoms with van der Waals surface area (Å²) in [5.41, 5.74) is 8.03. The first-order valence-corrected chi connectivity index (χ1v) is 7.15. The third-order valence-electron chi connectivity index (χ3n) is 3.69. The van der Waals surface area contributed by atoms with Crippen LogP contribution in [0.4, 0.5) is 5.82 Å². The van der Waals surface area contributed by atoms with E-state index in [-0.39, 0.29) is 0 Å². The van der Waals surface area contributed by atoms with Crippen molar-refractivity contribution < 1.29 is 4.74 Å². The van der Waals surface area contributed by atoms with E-state index in [0.29, 0.717) is 12.5 Å². The van der Waals surface area contributed by atoms with Gasteiger partial charge in [-0.3, -0.25) is 0 Å². The van der Waals surface area contributed by atoms with Crippen LogP contribution in [-0.2, 0) is 11.2 Å². The summed E-state index contributed by atoms with van der Waals surface area (Å²) in [7, 11) is 2.12. The van der Waals surface area contributed by atoms with E-state index in [1.165, 1.54) is 24.0 Å². The Morgan fingerprint density at radius 3 is 3.00 bits per heavy atom. The number of aryl methyl sites for hydroxylation is 1. The van der Waals surface area contributed by atoms with Gasteiger partial charge < -0.3 is 15.4 Å². The maximum atomic E-state index is 5.58. The molecule has 106 valence electrons. The number of hydrogen-bond acceptors (Lipinski definition) is 4. The molecular formula is C15H25N3O. The van der Waals surface area contributed by atoms with Crippen molar-refractivity contribution in [3.63, 3.8) is 0 Å². The molecule has 1 aromatic heterocycles. The number of rotatable bonds is 5. The van der Waals surface area contributed by atoms with Gasteiger partial charge in [0.1, 0.15) is 5.82 Å². The van der Waals surface area contributed by atoms with Gasteiger partial charge in [0.05, 0.1) is 6.61 Å². The summed E-state index contributed by atoms with van der Waals surface area (Å²) in [6, 6.07) is 2.20. The summed E-state index contributed by atoms with van der Waals surface area (Å²) in [4.78, 5) is 6.84. The van der Waals surface area contributed by atoms with Gasteiger partial charge in [0, 0.05) is 26.4 Å². The Bertz CT molecular complexity index is 402.